The third-order valence-electron chi connectivity index (χ3n) is 4.00. The van der Waals surface area contributed by atoms with E-state index < -0.39 is 24.1 Å². The summed E-state index contributed by atoms with van der Waals surface area (Å²) in [5.41, 5.74) is 0.901. The highest BCUT2D eigenvalue weighted by Gasteiger charge is 2.20. The fourth-order valence-electron chi connectivity index (χ4n) is 2.75. The molecule has 0 saturated carbocycles. The van der Waals surface area contributed by atoms with Crippen LogP contribution in [0.4, 0.5) is 14.5 Å². The first-order valence-corrected chi connectivity index (χ1v) is 8.58. The molecule has 0 unspecified atom stereocenters. The fourth-order valence-corrected chi connectivity index (χ4v) is 2.75. The number of nitrogens with one attached hydrogen (secondary N) is 1. The van der Waals surface area contributed by atoms with Crippen molar-refractivity contribution in [3.05, 3.63) is 66.0 Å². The smallest absolute Gasteiger partial charge is 0.265 e. The third kappa shape index (κ3) is 3.88. The lowest BCUT2D eigenvalue weighted by molar-refractivity contribution is -0.118. The van der Waals surface area contributed by atoms with Crippen molar-refractivity contribution in [2.24, 2.45) is 0 Å². The minimum atomic E-state index is -0.580. The van der Waals surface area contributed by atoms with Crippen molar-refractivity contribution in [2.45, 2.75) is 6.92 Å². The number of amides is 1. The Hall–Kier alpha value is -3.88. The predicted octanol–water partition coefficient (Wildman–Crippen LogP) is 3.89. The Morgan fingerprint density at radius 2 is 1.97 bits per heavy atom. The summed E-state index contributed by atoms with van der Waals surface area (Å²) in [7, 11) is 0. The normalized spacial score (nSPS) is 10.9. The van der Waals surface area contributed by atoms with Crippen molar-refractivity contribution in [3.8, 4) is 17.1 Å². The lowest BCUT2D eigenvalue weighted by Crippen LogP contribution is -2.21. The first kappa shape index (κ1) is 18.5. The lowest BCUT2D eigenvalue weighted by Gasteiger charge is -2.09. The molecule has 2 heterocycles. The van der Waals surface area contributed by atoms with Gasteiger partial charge >= 0.3 is 0 Å². The molecule has 2 aromatic carbocycles. The highest BCUT2D eigenvalue weighted by atomic mass is 19.1. The first-order valence-electron chi connectivity index (χ1n) is 8.58. The second-order valence-corrected chi connectivity index (χ2v) is 6.11. The molecule has 9 heteroatoms. The number of carbonyl (C=O) groups is 1. The number of carbonyl (C=O) groups excluding carboxylic acids is 1. The summed E-state index contributed by atoms with van der Waals surface area (Å²) in [4.78, 5) is 20.5. The van der Waals surface area contributed by atoms with Gasteiger partial charge in [-0.2, -0.15) is 9.97 Å². The summed E-state index contributed by atoms with van der Waals surface area (Å²) >= 11 is 0. The Morgan fingerprint density at radius 1 is 1.14 bits per heavy atom. The van der Waals surface area contributed by atoms with Gasteiger partial charge in [0.05, 0.1) is 5.69 Å². The van der Waals surface area contributed by atoms with E-state index in [4.69, 9.17) is 9.26 Å². The molecular weight excluding hydrogens is 382 g/mol. The monoisotopic (exact) mass is 396 g/mol. The van der Waals surface area contributed by atoms with Crippen LogP contribution in [0.5, 0.6) is 5.88 Å². The summed E-state index contributed by atoms with van der Waals surface area (Å²) in [6, 6.07) is 11.5. The lowest BCUT2D eigenvalue weighted by atomic mass is 10.1. The van der Waals surface area contributed by atoms with Gasteiger partial charge in [-0.25, -0.2) is 8.78 Å². The Kier molecular flexibility index (Phi) is 4.86. The van der Waals surface area contributed by atoms with Crippen LogP contribution >= 0.6 is 0 Å². The Labute approximate surface area is 163 Å². The molecule has 4 aromatic rings. The summed E-state index contributed by atoms with van der Waals surface area (Å²) in [5, 5.41) is 6.67. The van der Waals surface area contributed by atoms with E-state index >= 15 is 0 Å². The van der Waals surface area contributed by atoms with Crippen LogP contribution in [0, 0.1) is 18.6 Å². The largest absolute Gasteiger partial charge is 0.467 e. The standard InChI is InChI=1S/C20H14F2N4O3/c1-11-23-19(28-10-16(27)25-15-8-3-2-7-14(15)22)17-18(26-29-20(17)24-11)12-5-4-6-13(21)9-12/h2-9H,10H2,1H3,(H,25,27). The Balaban J connectivity index is 1.62. The van der Waals surface area contributed by atoms with Gasteiger partial charge < -0.3 is 14.6 Å². The van der Waals surface area contributed by atoms with E-state index in [-0.39, 0.29) is 23.0 Å². The molecule has 0 radical (unpaired) electrons. The number of hydrogen-bond acceptors (Lipinski definition) is 6. The molecule has 1 amide bonds. The van der Waals surface area contributed by atoms with E-state index in [1.54, 1.807) is 19.1 Å². The van der Waals surface area contributed by atoms with Crippen molar-refractivity contribution < 1.29 is 22.8 Å². The van der Waals surface area contributed by atoms with Gasteiger partial charge in [0.15, 0.2) is 6.61 Å². The van der Waals surface area contributed by atoms with Crippen LogP contribution in [0.1, 0.15) is 5.82 Å². The minimum absolute atomic E-state index is 0.0375. The molecule has 146 valence electrons. The van der Waals surface area contributed by atoms with E-state index in [2.05, 4.69) is 20.4 Å². The number of aromatic nitrogens is 3. The Morgan fingerprint density at radius 3 is 2.76 bits per heavy atom. The van der Waals surface area contributed by atoms with Crippen LogP contribution in [0.3, 0.4) is 0 Å². The SMILES string of the molecule is Cc1nc(OCC(=O)Nc2ccccc2F)c2c(-c3cccc(F)c3)noc2n1. The van der Waals surface area contributed by atoms with Crippen LogP contribution in [0.15, 0.2) is 53.1 Å². The topological polar surface area (TPSA) is 90.1 Å². The summed E-state index contributed by atoms with van der Waals surface area (Å²) in [6.45, 7) is 1.18. The zero-order chi connectivity index (χ0) is 20.4. The first-order chi connectivity index (χ1) is 14.0. The molecule has 0 atom stereocenters. The molecule has 4 rings (SSSR count). The number of hydrogen-bond donors (Lipinski definition) is 1. The van der Waals surface area contributed by atoms with Gasteiger partial charge in [0.2, 0.25) is 5.88 Å². The van der Waals surface area contributed by atoms with Crippen molar-refractivity contribution >= 4 is 22.7 Å². The Bertz CT molecular complexity index is 1210. The number of benzene rings is 2. The highest BCUT2D eigenvalue weighted by molar-refractivity contribution is 5.95. The molecule has 0 aliphatic heterocycles. The summed E-state index contributed by atoms with van der Waals surface area (Å²) < 4.78 is 38.1. The second-order valence-electron chi connectivity index (χ2n) is 6.11. The highest BCUT2D eigenvalue weighted by Crippen LogP contribution is 2.33. The number of nitrogens with zero attached hydrogens (tertiary/aromatic N) is 3. The molecule has 29 heavy (non-hydrogen) atoms. The molecular formula is C20H14F2N4O3. The number of anilines is 1. The summed E-state index contributed by atoms with van der Waals surface area (Å²) in [5.74, 6) is -1.20. The molecule has 0 aliphatic rings. The number of ether oxygens (including phenoxy) is 1. The van der Waals surface area contributed by atoms with Crippen molar-refractivity contribution in [3.63, 3.8) is 0 Å². The van der Waals surface area contributed by atoms with E-state index in [0.717, 1.165) is 0 Å². The van der Waals surface area contributed by atoms with Crippen LogP contribution in [-0.2, 0) is 4.79 Å². The van der Waals surface area contributed by atoms with E-state index in [0.29, 0.717) is 16.8 Å². The maximum Gasteiger partial charge on any atom is 0.265 e. The molecule has 0 spiro atoms. The van der Waals surface area contributed by atoms with Crippen LogP contribution in [-0.4, -0.2) is 27.6 Å². The molecule has 0 bridgehead atoms. The average Bonchev–Trinajstić information content (AvgIpc) is 3.12. The van der Waals surface area contributed by atoms with Crippen molar-refractivity contribution in [1.29, 1.82) is 0 Å². The maximum atomic E-state index is 13.7. The zero-order valence-corrected chi connectivity index (χ0v) is 15.1. The quantitative estimate of drug-likeness (QED) is 0.550. The van der Waals surface area contributed by atoms with Gasteiger partial charge in [-0.1, -0.05) is 29.4 Å². The van der Waals surface area contributed by atoms with Gasteiger partial charge in [-0.15, -0.1) is 0 Å². The van der Waals surface area contributed by atoms with Gasteiger partial charge in [-0.3, -0.25) is 4.79 Å². The van der Waals surface area contributed by atoms with E-state index in [9.17, 15) is 13.6 Å². The van der Waals surface area contributed by atoms with Crippen molar-refractivity contribution in [2.75, 3.05) is 11.9 Å². The van der Waals surface area contributed by atoms with E-state index in [1.807, 2.05) is 0 Å². The van der Waals surface area contributed by atoms with Crippen molar-refractivity contribution in [1.82, 2.24) is 15.1 Å². The molecule has 0 saturated heterocycles. The van der Waals surface area contributed by atoms with Crippen LogP contribution < -0.4 is 10.1 Å². The fraction of sp³-hybridized carbons (Fsp3) is 0.100. The van der Waals surface area contributed by atoms with Gasteiger partial charge in [0.1, 0.15) is 28.5 Å². The number of aryl methyl sites for hydroxylation is 1. The average molecular weight is 396 g/mol. The number of rotatable bonds is 5. The van der Waals surface area contributed by atoms with Gasteiger partial charge in [-0.05, 0) is 31.2 Å². The van der Waals surface area contributed by atoms with E-state index in [1.165, 1.54) is 36.4 Å². The molecule has 7 nitrogen and oxygen atoms in total. The number of halogens is 2. The molecule has 2 aromatic heterocycles. The zero-order valence-electron chi connectivity index (χ0n) is 15.1. The van der Waals surface area contributed by atoms with Gasteiger partial charge in [0, 0.05) is 5.56 Å². The number of fused-ring (bicyclic) bond motifs is 1. The minimum Gasteiger partial charge on any atom is -0.467 e. The second kappa shape index (κ2) is 7.63. The van der Waals surface area contributed by atoms with Crippen LogP contribution in [0.25, 0.3) is 22.4 Å². The van der Waals surface area contributed by atoms with Crippen LogP contribution in [0.2, 0.25) is 0 Å². The maximum absolute atomic E-state index is 13.7. The van der Waals surface area contributed by atoms with Gasteiger partial charge in [0.25, 0.3) is 11.6 Å². The molecule has 0 aliphatic carbocycles. The molecule has 0 fully saturated rings. The number of para-hydroxylation sites is 1. The molecule has 1 N–H and O–H groups in total. The predicted molar refractivity (Wildman–Crippen MR) is 100 cm³/mol. The summed E-state index contributed by atoms with van der Waals surface area (Å²) in [6.07, 6.45) is 0. The third-order valence-corrected chi connectivity index (χ3v) is 4.00.